The summed E-state index contributed by atoms with van der Waals surface area (Å²) >= 11 is 0. The molecule has 1 fully saturated rings. The number of ketones is 1. The van der Waals surface area contributed by atoms with E-state index in [9.17, 15) is 4.79 Å². The number of ether oxygens (including phenoxy) is 1. The molecule has 1 aliphatic rings. The topological polar surface area (TPSA) is 29.5 Å². The molecule has 0 saturated carbocycles. The van der Waals surface area contributed by atoms with Crippen molar-refractivity contribution in [2.24, 2.45) is 5.92 Å². The average Bonchev–Trinajstić information content (AvgIpc) is 2.49. The van der Waals surface area contributed by atoms with E-state index in [-0.39, 0.29) is 11.8 Å². The monoisotopic (exact) mass is 289 g/mol. The summed E-state index contributed by atoms with van der Waals surface area (Å²) in [6.45, 7) is 8.77. The van der Waals surface area contributed by atoms with E-state index in [4.69, 9.17) is 4.74 Å². The van der Waals surface area contributed by atoms with Crippen LogP contribution in [0.3, 0.4) is 0 Å². The minimum atomic E-state index is -0.0889. The molecule has 1 aliphatic heterocycles. The molecule has 2 rings (SSSR count). The maximum absolute atomic E-state index is 12.6. The maximum atomic E-state index is 12.6. The lowest BCUT2D eigenvalue weighted by molar-refractivity contribution is 0.0364. The van der Waals surface area contributed by atoms with Crippen molar-refractivity contribution in [1.29, 1.82) is 0 Å². The molecule has 0 amide bonds. The van der Waals surface area contributed by atoms with Crippen molar-refractivity contribution in [3.63, 3.8) is 0 Å². The predicted octanol–water partition coefficient (Wildman–Crippen LogP) is 3.23. The van der Waals surface area contributed by atoms with Gasteiger partial charge in [0.15, 0.2) is 5.78 Å². The number of benzene rings is 1. The Morgan fingerprint density at radius 2 is 2.14 bits per heavy atom. The summed E-state index contributed by atoms with van der Waals surface area (Å²) in [5.74, 6) is 0.760. The fourth-order valence-corrected chi connectivity index (χ4v) is 2.85. The zero-order chi connectivity index (χ0) is 15.4. The Balaban J connectivity index is 1.98. The lowest BCUT2D eigenvalue weighted by atomic mass is 9.97. The van der Waals surface area contributed by atoms with Crippen LogP contribution < -0.4 is 0 Å². The SMILES string of the molecule is Cc1ccc(C(=O)C(C)N(C)CC2CCCOC2)cc1C. The summed E-state index contributed by atoms with van der Waals surface area (Å²) in [7, 11) is 2.04. The Morgan fingerprint density at radius 1 is 1.38 bits per heavy atom. The van der Waals surface area contributed by atoms with Crippen LogP contribution in [-0.2, 0) is 4.74 Å². The fraction of sp³-hybridized carbons (Fsp3) is 0.611. The maximum Gasteiger partial charge on any atom is 0.179 e. The van der Waals surface area contributed by atoms with E-state index >= 15 is 0 Å². The number of likely N-dealkylation sites (N-methyl/N-ethyl adjacent to an activating group) is 1. The molecule has 1 heterocycles. The quantitative estimate of drug-likeness (QED) is 0.779. The molecule has 0 bridgehead atoms. The average molecular weight is 289 g/mol. The van der Waals surface area contributed by atoms with Crippen LogP contribution in [0.2, 0.25) is 0 Å². The molecular formula is C18H27NO2. The van der Waals surface area contributed by atoms with Crippen LogP contribution in [0.25, 0.3) is 0 Å². The van der Waals surface area contributed by atoms with Gasteiger partial charge in [-0.05, 0) is 63.8 Å². The summed E-state index contributed by atoms with van der Waals surface area (Å²) in [6.07, 6.45) is 2.34. The second kappa shape index (κ2) is 7.19. The third-order valence-corrected chi connectivity index (χ3v) is 4.63. The van der Waals surface area contributed by atoms with E-state index in [0.717, 1.165) is 31.7 Å². The van der Waals surface area contributed by atoms with Crippen molar-refractivity contribution >= 4 is 5.78 Å². The van der Waals surface area contributed by atoms with E-state index < -0.39 is 0 Å². The van der Waals surface area contributed by atoms with E-state index in [1.54, 1.807) is 0 Å². The van der Waals surface area contributed by atoms with Gasteiger partial charge in [-0.15, -0.1) is 0 Å². The molecule has 3 nitrogen and oxygen atoms in total. The van der Waals surface area contributed by atoms with Crippen molar-refractivity contribution in [2.45, 2.75) is 39.7 Å². The second-order valence-corrected chi connectivity index (χ2v) is 6.36. The van der Waals surface area contributed by atoms with Gasteiger partial charge in [-0.2, -0.15) is 0 Å². The molecule has 0 N–H and O–H groups in total. The third kappa shape index (κ3) is 4.14. The van der Waals surface area contributed by atoms with Crippen LogP contribution in [0.5, 0.6) is 0 Å². The van der Waals surface area contributed by atoms with Gasteiger partial charge in [0.1, 0.15) is 0 Å². The second-order valence-electron chi connectivity index (χ2n) is 6.36. The van der Waals surface area contributed by atoms with Gasteiger partial charge in [0.2, 0.25) is 0 Å². The number of rotatable bonds is 5. The van der Waals surface area contributed by atoms with Crippen LogP contribution in [0, 0.1) is 19.8 Å². The summed E-state index contributed by atoms with van der Waals surface area (Å²) in [5.41, 5.74) is 3.22. The van der Waals surface area contributed by atoms with Crippen LogP contribution in [0.4, 0.5) is 0 Å². The molecule has 1 aromatic carbocycles. The Hall–Kier alpha value is -1.19. The number of aryl methyl sites for hydroxylation is 2. The predicted molar refractivity (Wildman–Crippen MR) is 85.9 cm³/mol. The van der Waals surface area contributed by atoms with Gasteiger partial charge in [-0.1, -0.05) is 12.1 Å². The number of carbonyl (C=O) groups excluding carboxylic acids is 1. The highest BCUT2D eigenvalue weighted by Gasteiger charge is 2.23. The largest absolute Gasteiger partial charge is 0.381 e. The van der Waals surface area contributed by atoms with Crippen LogP contribution in [0.15, 0.2) is 18.2 Å². The minimum absolute atomic E-state index is 0.0889. The summed E-state index contributed by atoms with van der Waals surface area (Å²) in [4.78, 5) is 14.8. The van der Waals surface area contributed by atoms with Gasteiger partial charge >= 0.3 is 0 Å². The highest BCUT2D eigenvalue weighted by atomic mass is 16.5. The molecular weight excluding hydrogens is 262 g/mol. The molecule has 2 atom stereocenters. The van der Waals surface area contributed by atoms with Gasteiger partial charge in [-0.25, -0.2) is 0 Å². The molecule has 3 heteroatoms. The van der Waals surface area contributed by atoms with Crippen molar-refractivity contribution in [3.05, 3.63) is 34.9 Å². The Labute approximate surface area is 128 Å². The van der Waals surface area contributed by atoms with Crippen molar-refractivity contribution < 1.29 is 9.53 Å². The minimum Gasteiger partial charge on any atom is -0.381 e. The first kappa shape index (κ1) is 16.2. The molecule has 2 unspecified atom stereocenters. The van der Waals surface area contributed by atoms with Gasteiger partial charge < -0.3 is 4.74 Å². The first-order valence-corrected chi connectivity index (χ1v) is 7.88. The smallest absolute Gasteiger partial charge is 0.179 e. The lowest BCUT2D eigenvalue weighted by Gasteiger charge is -2.30. The zero-order valence-corrected chi connectivity index (χ0v) is 13.7. The fourth-order valence-electron chi connectivity index (χ4n) is 2.85. The molecule has 0 aliphatic carbocycles. The number of nitrogens with zero attached hydrogens (tertiary/aromatic N) is 1. The van der Waals surface area contributed by atoms with Crippen molar-refractivity contribution in [1.82, 2.24) is 4.90 Å². The summed E-state index contributed by atoms with van der Waals surface area (Å²) in [6, 6.07) is 5.89. The zero-order valence-electron chi connectivity index (χ0n) is 13.7. The number of Topliss-reactive ketones (excluding diaryl/α,β-unsaturated/α-hetero) is 1. The van der Waals surface area contributed by atoms with Crippen LogP contribution in [-0.4, -0.2) is 43.5 Å². The Bertz CT molecular complexity index is 492. The highest BCUT2D eigenvalue weighted by molar-refractivity contribution is 6.00. The Morgan fingerprint density at radius 3 is 2.76 bits per heavy atom. The third-order valence-electron chi connectivity index (χ3n) is 4.63. The van der Waals surface area contributed by atoms with Crippen LogP contribution in [0.1, 0.15) is 41.3 Å². The Kier molecular flexibility index (Phi) is 5.54. The molecule has 0 aromatic heterocycles. The van der Waals surface area contributed by atoms with Gasteiger partial charge in [0, 0.05) is 18.7 Å². The standard InChI is InChI=1S/C18H27NO2/c1-13-7-8-17(10-14(13)2)18(20)15(3)19(4)11-16-6-5-9-21-12-16/h7-8,10,15-16H,5-6,9,11-12H2,1-4H3. The molecule has 0 spiro atoms. The van der Waals surface area contributed by atoms with E-state index in [2.05, 4.69) is 18.7 Å². The molecule has 116 valence electrons. The normalized spacial score (nSPS) is 20.5. The summed E-state index contributed by atoms with van der Waals surface area (Å²) in [5, 5.41) is 0. The van der Waals surface area contributed by atoms with Crippen molar-refractivity contribution in [3.8, 4) is 0 Å². The van der Waals surface area contributed by atoms with Gasteiger partial charge in [0.25, 0.3) is 0 Å². The summed E-state index contributed by atoms with van der Waals surface area (Å²) < 4.78 is 5.53. The molecule has 0 radical (unpaired) electrons. The molecule has 1 saturated heterocycles. The number of carbonyl (C=O) groups is 1. The molecule has 21 heavy (non-hydrogen) atoms. The van der Waals surface area contributed by atoms with E-state index in [1.165, 1.54) is 17.5 Å². The van der Waals surface area contributed by atoms with Crippen LogP contribution >= 0.6 is 0 Å². The van der Waals surface area contributed by atoms with Crippen molar-refractivity contribution in [2.75, 3.05) is 26.8 Å². The lowest BCUT2D eigenvalue weighted by Crippen LogP contribution is -2.40. The molecule has 1 aromatic rings. The number of hydrogen-bond acceptors (Lipinski definition) is 3. The number of hydrogen-bond donors (Lipinski definition) is 0. The van der Waals surface area contributed by atoms with E-state index in [0.29, 0.717) is 5.92 Å². The van der Waals surface area contributed by atoms with Gasteiger partial charge in [0.05, 0.1) is 12.6 Å². The first-order valence-electron chi connectivity index (χ1n) is 7.88. The highest BCUT2D eigenvalue weighted by Crippen LogP contribution is 2.18. The first-order chi connectivity index (χ1) is 9.99. The van der Waals surface area contributed by atoms with Gasteiger partial charge in [-0.3, -0.25) is 9.69 Å². The van der Waals surface area contributed by atoms with E-state index in [1.807, 2.05) is 32.2 Å².